The van der Waals surface area contributed by atoms with Crippen LogP contribution < -0.4 is 0 Å². The highest BCUT2D eigenvalue weighted by molar-refractivity contribution is 5.13. The maximum absolute atomic E-state index is 5.55. The maximum atomic E-state index is 5.55. The first-order valence-corrected chi connectivity index (χ1v) is 5.76. The van der Waals surface area contributed by atoms with E-state index in [0.29, 0.717) is 0 Å². The molecule has 1 aromatic carbocycles. The maximum Gasteiger partial charge on any atom is 0.183 e. The fourth-order valence-electron chi connectivity index (χ4n) is 1.81. The van der Waals surface area contributed by atoms with Gasteiger partial charge in [0.25, 0.3) is 0 Å². The molecule has 0 N–H and O–H groups in total. The standard InChI is InChI=1S/C14H22NO/c1-4-11-15(3,13-16-5-2)12-14-9-7-6-8-10-14/h4,6-10H,1,5,11-13H2,2-3H3/q+1. The van der Waals surface area contributed by atoms with E-state index in [2.05, 4.69) is 37.9 Å². The average molecular weight is 220 g/mol. The van der Waals surface area contributed by atoms with E-state index in [1.807, 2.05) is 19.1 Å². The minimum atomic E-state index is 0.734. The number of hydrogen-bond donors (Lipinski definition) is 0. The van der Waals surface area contributed by atoms with Gasteiger partial charge in [0.05, 0.1) is 13.6 Å². The van der Waals surface area contributed by atoms with Crippen LogP contribution in [0.5, 0.6) is 0 Å². The van der Waals surface area contributed by atoms with Crippen LogP contribution in [0.15, 0.2) is 43.0 Å². The predicted molar refractivity (Wildman–Crippen MR) is 67.9 cm³/mol. The molecule has 1 unspecified atom stereocenters. The van der Waals surface area contributed by atoms with Crippen LogP contribution in [0.2, 0.25) is 0 Å². The van der Waals surface area contributed by atoms with Gasteiger partial charge in [-0.1, -0.05) is 36.9 Å². The molecule has 2 heteroatoms. The number of benzene rings is 1. The van der Waals surface area contributed by atoms with E-state index < -0.39 is 0 Å². The second-order valence-electron chi connectivity index (χ2n) is 4.36. The summed E-state index contributed by atoms with van der Waals surface area (Å²) in [4.78, 5) is 0. The summed E-state index contributed by atoms with van der Waals surface area (Å²) >= 11 is 0. The van der Waals surface area contributed by atoms with Crippen LogP contribution in [0, 0.1) is 0 Å². The van der Waals surface area contributed by atoms with Crippen LogP contribution in [0.4, 0.5) is 0 Å². The summed E-state index contributed by atoms with van der Waals surface area (Å²) in [6.45, 7) is 9.25. The van der Waals surface area contributed by atoms with Crippen LogP contribution in [0.25, 0.3) is 0 Å². The zero-order valence-electron chi connectivity index (χ0n) is 10.4. The van der Waals surface area contributed by atoms with Gasteiger partial charge < -0.3 is 4.74 Å². The van der Waals surface area contributed by atoms with Gasteiger partial charge in [0, 0.05) is 12.2 Å². The first-order chi connectivity index (χ1) is 7.70. The highest BCUT2D eigenvalue weighted by Gasteiger charge is 2.20. The van der Waals surface area contributed by atoms with E-state index in [1.54, 1.807) is 0 Å². The molecule has 1 atom stereocenters. The molecule has 16 heavy (non-hydrogen) atoms. The molecule has 1 aromatic rings. The zero-order chi connectivity index (χ0) is 11.9. The smallest absolute Gasteiger partial charge is 0.183 e. The summed E-state index contributed by atoms with van der Waals surface area (Å²) in [6.07, 6.45) is 1.96. The molecule has 0 saturated carbocycles. The Morgan fingerprint density at radius 1 is 1.31 bits per heavy atom. The SMILES string of the molecule is C=CC[N+](C)(COCC)Cc1ccccc1. The number of nitrogens with zero attached hydrogens (tertiary/aromatic N) is 1. The van der Waals surface area contributed by atoms with Gasteiger partial charge in [-0.2, -0.15) is 0 Å². The van der Waals surface area contributed by atoms with Gasteiger partial charge >= 0.3 is 0 Å². The number of rotatable bonds is 7. The Kier molecular flexibility index (Phi) is 5.23. The topological polar surface area (TPSA) is 9.23 Å². The minimum Gasteiger partial charge on any atom is -0.332 e. The van der Waals surface area contributed by atoms with Crippen molar-refractivity contribution in [1.29, 1.82) is 0 Å². The zero-order valence-corrected chi connectivity index (χ0v) is 10.4. The number of likely N-dealkylation sites (N-methyl/N-ethyl adjacent to an activating group) is 1. The molecule has 0 radical (unpaired) electrons. The summed E-state index contributed by atoms with van der Waals surface area (Å²) in [5.41, 5.74) is 1.34. The predicted octanol–water partition coefficient (Wildman–Crippen LogP) is 2.81. The van der Waals surface area contributed by atoms with E-state index in [0.717, 1.165) is 30.9 Å². The molecule has 0 aliphatic carbocycles. The van der Waals surface area contributed by atoms with Crippen molar-refractivity contribution in [3.8, 4) is 0 Å². The molecule has 0 fully saturated rings. The fourth-order valence-corrected chi connectivity index (χ4v) is 1.81. The van der Waals surface area contributed by atoms with Crippen molar-refractivity contribution in [2.24, 2.45) is 0 Å². The summed E-state index contributed by atoms with van der Waals surface area (Å²) in [6, 6.07) is 10.5. The van der Waals surface area contributed by atoms with Gasteiger partial charge in [-0.3, -0.25) is 4.48 Å². The summed E-state index contributed by atoms with van der Waals surface area (Å²) in [5.74, 6) is 0. The molecular formula is C14H22NO+. The lowest BCUT2D eigenvalue weighted by atomic mass is 10.2. The molecule has 88 valence electrons. The second kappa shape index (κ2) is 6.46. The monoisotopic (exact) mass is 220 g/mol. The Balaban J connectivity index is 2.66. The van der Waals surface area contributed by atoms with Crippen molar-refractivity contribution >= 4 is 0 Å². The van der Waals surface area contributed by atoms with E-state index in [-0.39, 0.29) is 0 Å². The summed E-state index contributed by atoms with van der Waals surface area (Å²) < 4.78 is 6.40. The first-order valence-electron chi connectivity index (χ1n) is 5.76. The van der Waals surface area contributed by atoms with E-state index in [9.17, 15) is 0 Å². The molecule has 0 amide bonds. The highest BCUT2D eigenvalue weighted by atomic mass is 16.5. The van der Waals surface area contributed by atoms with Crippen LogP contribution in [0.1, 0.15) is 12.5 Å². The van der Waals surface area contributed by atoms with Crippen molar-refractivity contribution in [1.82, 2.24) is 0 Å². The third-order valence-corrected chi connectivity index (χ3v) is 2.58. The van der Waals surface area contributed by atoms with Gasteiger partial charge in [0.1, 0.15) is 6.54 Å². The van der Waals surface area contributed by atoms with Crippen molar-refractivity contribution in [3.63, 3.8) is 0 Å². The summed E-state index contributed by atoms with van der Waals surface area (Å²) in [5, 5.41) is 0. The fraction of sp³-hybridized carbons (Fsp3) is 0.429. The van der Waals surface area contributed by atoms with Gasteiger partial charge in [0.15, 0.2) is 6.73 Å². The van der Waals surface area contributed by atoms with Crippen LogP contribution in [-0.4, -0.2) is 31.4 Å². The molecule has 0 aliphatic heterocycles. The molecule has 2 nitrogen and oxygen atoms in total. The molecule has 0 aliphatic rings. The van der Waals surface area contributed by atoms with E-state index in [4.69, 9.17) is 4.74 Å². The van der Waals surface area contributed by atoms with E-state index in [1.165, 1.54) is 5.56 Å². The van der Waals surface area contributed by atoms with Crippen molar-refractivity contribution in [3.05, 3.63) is 48.6 Å². The largest absolute Gasteiger partial charge is 0.332 e. The lowest BCUT2D eigenvalue weighted by molar-refractivity contribution is -0.935. The van der Waals surface area contributed by atoms with Gasteiger partial charge in [-0.25, -0.2) is 0 Å². The van der Waals surface area contributed by atoms with Crippen molar-refractivity contribution < 1.29 is 9.22 Å². The van der Waals surface area contributed by atoms with Crippen molar-refractivity contribution in [2.45, 2.75) is 13.5 Å². The van der Waals surface area contributed by atoms with Gasteiger partial charge in [-0.05, 0) is 13.0 Å². The lowest BCUT2D eigenvalue weighted by Gasteiger charge is -2.32. The molecule has 0 saturated heterocycles. The quantitative estimate of drug-likeness (QED) is 0.390. The Morgan fingerprint density at radius 2 is 2.00 bits per heavy atom. The van der Waals surface area contributed by atoms with Crippen LogP contribution in [0.3, 0.4) is 0 Å². The Bertz CT molecular complexity index is 310. The van der Waals surface area contributed by atoms with Crippen LogP contribution >= 0.6 is 0 Å². The lowest BCUT2D eigenvalue weighted by Crippen LogP contribution is -2.45. The number of ether oxygens (including phenoxy) is 1. The molecular weight excluding hydrogens is 198 g/mol. The van der Waals surface area contributed by atoms with Gasteiger partial charge in [-0.15, -0.1) is 0 Å². The Labute approximate surface area is 98.7 Å². The minimum absolute atomic E-state index is 0.734. The molecule has 0 aromatic heterocycles. The molecule has 0 spiro atoms. The Hall–Kier alpha value is -1.12. The summed E-state index contributed by atoms with van der Waals surface area (Å²) in [7, 11) is 2.20. The van der Waals surface area contributed by atoms with Gasteiger partial charge in [0.2, 0.25) is 0 Å². The normalized spacial score (nSPS) is 14.4. The highest BCUT2D eigenvalue weighted by Crippen LogP contribution is 2.12. The third-order valence-electron chi connectivity index (χ3n) is 2.58. The second-order valence-corrected chi connectivity index (χ2v) is 4.36. The van der Waals surface area contributed by atoms with E-state index >= 15 is 0 Å². The molecule has 0 heterocycles. The van der Waals surface area contributed by atoms with Crippen LogP contribution in [-0.2, 0) is 11.3 Å². The molecule has 1 rings (SSSR count). The Morgan fingerprint density at radius 3 is 2.56 bits per heavy atom. The number of hydrogen-bond acceptors (Lipinski definition) is 1. The third kappa shape index (κ3) is 4.17. The number of quaternary nitrogens is 1. The average Bonchev–Trinajstić information content (AvgIpc) is 2.28. The first kappa shape index (κ1) is 12.9. The van der Waals surface area contributed by atoms with Crippen molar-refractivity contribution in [2.75, 3.05) is 26.9 Å². The molecule has 0 bridgehead atoms.